The lowest BCUT2D eigenvalue weighted by molar-refractivity contribution is -0.139. The van der Waals surface area contributed by atoms with Crippen LogP contribution in [0.2, 0.25) is 0 Å². The zero-order chi connectivity index (χ0) is 18.7. The van der Waals surface area contributed by atoms with E-state index in [4.69, 9.17) is 0 Å². The average Bonchev–Trinajstić information content (AvgIpc) is 2.62. The van der Waals surface area contributed by atoms with Crippen molar-refractivity contribution in [3.8, 4) is 0 Å². The Labute approximate surface area is 153 Å². The van der Waals surface area contributed by atoms with Gasteiger partial charge in [0.2, 0.25) is 0 Å². The molecule has 1 heterocycles. The molecule has 0 aromatic heterocycles. The van der Waals surface area contributed by atoms with Gasteiger partial charge in [-0.05, 0) is 43.2 Å². The summed E-state index contributed by atoms with van der Waals surface area (Å²) in [5, 5.41) is 10.4. The van der Waals surface area contributed by atoms with E-state index in [0.29, 0.717) is 6.04 Å². The van der Waals surface area contributed by atoms with Gasteiger partial charge in [-0.3, -0.25) is 9.80 Å². The molecule has 1 aromatic rings. The molecule has 1 saturated carbocycles. The highest BCUT2D eigenvalue weighted by molar-refractivity contribution is 5.31. The van der Waals surface area contributed by atoms with Crippen LogP contribution in [0.25, 0.3) is 0 Å². The molecule has 0 radical (unpaired) electrons. The highest BCUT2D eigenvalue weighted by atomic mass is 19.4. The van der Waals surface area contributed by atoms with Gasteiger partial charge < -0.3 is 5.11 Å². The van der Waals surface area contributed by atoms with Gasteiger partial charge >= 0.3 is 6.18 Å². The minimum absolute atomic E-state index is 0.0244. The molecule has 146 valence electrons. The third-order valence-electron chi connectivity index (χ3n) is 5.96. The van der Waals surface area contributed by atoms with Crippen LogP contribution in [0, 0.1) is 5.92 Å². The third-order valence-corrected chi connectivity index (χ3v) is 5.96. The van der Waals surface area contributed by atoms with Crippen molar-refractivity contribution in [2.75, 3.05) is 32.7 Å². The lowest BCUT2D eigenvalue weighted by atomic mass is 9.86. The van der Waals surface area contributed by atoms with Gasteiger partial charge in [0.15, 0.2) is 0 Å². The molecule has 1 aromatic carbocycles. The standard InChI is InChI=1S/C20H29F3N2O/c1-15-6-8-16(9-7-15)25-12-10-24(11-13-25)14-19(26)17-4-2-3-5-18(17)20(21,22)23/h2-5,15-16,19,26H,6-14H2,1H3. The Balaban J connectivity index is 1.53. The van der Waals surface area contributed by atoms with Crippen LogP contribution in [0.5, 0.6) is 0 Å². The second kappa shape index (κ2) is 8.28. The summed E-state index contributed by atoms with van der Waals surface area (Å²) in [7, 11) is 0. The number of halogens is 3. The topological polar surface area (TPSA) is 26.7 Å². The summed E-state index contributed by atoms with van der Waals surface area (Å²) in [6.07, 6.45) is -0.467. The number of hydrogen-bond acceptors (Lipinski definition) is 3. The molecule has 6 heteroatoms. The maximum Gasteiger partial charge on any atom is 0.416 e. The van der Waals surface area contributed by atoms with Crippen LogP contribution in [-0.4, -0.2) is 53.7 Å². The molecule has 26 heavy (non-hydrogen) atoms. The lowest BCUT2D eigenvalue weighted by Gasteiger charge is -2.42. The molecule has 1 atom stereocenters. The van der Waals surface area contributed by atoms with E-state index in [1.165, 1.54) is 37.8 Å². The number of β-amino-alcohol motifs (C(OH)–C–C–N with tert-alkyl or cyclic N) is 1. The minimum Gasteiger partial charge on any atom is -0.387 e. The Bertz CT molecular complexity index is 577. The van der Waals surface area contributed by atoms with Crippen LogP contribution in [0.15, 0.2) is 24.3 Å². The predicted octanol–water partition coefficient (Wildman–Crippen LogP) is 3.94. The molecule has 2 fully saturated rings. The summed E-state index contributed by atoms with van der Waals surface area (Å²) in [5.41, 5.74) is -0.758. The zero-order valence-electron chi connectivity index (χ0n) is 15.4. The number of nitrogens with zero attached hydrogens (tertiary/aromatic N) is 2. The van der Waals surface area contributed by atoms with E-state index in [-0.39, 0.29) is 12.1 Å². The molecule has 0 bridgehead atoms. The summed E-state index contributed by atoms with van der Waals surface area (Å²) in [6.45, 7) is 6.05. The maximum absolute atomic E-state index is 13.1. The Morgan fingerprint density at radius 1 is 1.04 bits per heavy atom. The molecular weight excluding hydrogens is 341 g/mol. The highest BCUT2D eigenvalue weighted by Gasteiger charge is 2.35. The Morgan fingerprint density at radius 3 is 2.27 bits per heavy atom. The molecule has 0 amide bonds. The summed E-state index contributed by atoms with van der Waals surface area (Å²) < 4.78 is 39.4. The van der Waals surface area contributed by atoms with Crippen molar-refractivity contribution in [1.29, 1.82) is 0 Å². The van der Waals surface area contributed by atoms with Crippen LogP contribution in [0.3, 0.4) is 0 Å². The van der Waals surface area contributed by atoms with Gasteiger partial charge in [0.05, 0.1) is 11.7 Å². The van der Waals surface area contributed by atoms with Gasteiger partial charge in [-0.25, -0.2) is 0 Å². The first-order valence-corrected chi connectivity index (χ1v) is 9.65. The molecule has 1 N–H and O–H groups in total. The Morgan fingerprint density at radius 2 is 1.65 bits per heavy atom. The molecule has 1 aliphatic heterocycles. The van der Waals surface area contributed by atoms with E-state index in [2.05, 4.69) is 16.7 Å². The Hall–Kier alpha value is -1.11. The number of aliphatic hydroxyl groups is 1. The number of piperazine rings is 1. The first-order valence-electron chi connectivity index (χ1n) is 9.65. The van der Waals surface area contributed by atoms with E-state index < -0.39 is 17.8 Å². The van der Waals surface area contributed by atoms with Crippen LogP contribution >= 0.6 is 0 Å². The first kappa shape index (κ1) is 19.6. The number of hydrogen-bond donors (Lipinski definition) is 1. The van der Waals surface area contributed by atoms with E-state index in [1.54, 1.807) is 6.07 Å². The fraction of sp³-hybridized carbons (Fsp3) is 0.700. The van der Waals surface area contributed by atoms with Crippen molar-refractivity contribution in [1.82, 2.24) is 9.80 Å². The van der Waals surface area contributed by atoms with Gasteiger partial charge in [-0.2, -0.15) is 13.2 Å². The van der Waals surface area contributed by atoms with E-state index in [0.717, 1.165) is 38.2 Å². The molecule has 1 saturated heterocycles. The quantitative estimate of drug-likeness (QED) is 0.870. The van der Waals surface area contributed by atoms with Crippen molar-refractivity contribution in [3.05, 3.63) is 35.4 Å². The molecule has 2 aliphatic rings. The van der Waals surface area contributed by atoms with Crippen molar-refractivity contribution in [2.45, 2.75) is 50.9 Å². The van der Waals surface area contributed by atoms with E-state index >= 15 is 0 Å². The van der Waals surface area contributed by atoms with Gasteiger partial charge in [0.25, 0.3) is 0 Å². The van der Waals surface area contributed by atoms with Crippen LogP contribution < -0.4 is 0 Å². The van der Waals surface area contributed by atoms with Gasteiger partial charge in [-0.15, -0.1) is 0 Å². The molecule has 3 rings (SSSR count). The zero-order valence-corrected chi connectivity index (χ0v) is 15.4. The highest BCUT2D eigenvalue weighted by Crippen LogP contribution is 2.35. The number of aliphatic hydroxyl groups excluding tert-OH is 1. The molecular formula is C20H29F3N2O. The van der Waals surface area contributed by atoms with Crippen molar-refractivity contribution >= 4 is 0 Å². The van der Waals surface area contributed by atoms with E-state index in [1.807, 2.05) is 0 Å². The lowest BCUT2D eigenvalue weighted by Crippen LogP contribution is -2.51. The monoisotopic (exact) mass is 370 g/mol. The van der Waals surface area contributed by atoms with Gasteiger partial charge in [0, 0.05) is 38.8 Å². The molecule has 3 nitrogen and oxygen atoms in total. The fourth-order valence-electron chi connectivity index (χ4n) is 4.31. The molecule has 0 spiro atoms. The van der Waals surface area contributed by atoms with Crippen LogP contribution in [0.4, 0.5) is 13.2 Å². The normalized spacial score (nSPS) is 27.4. The van der Waals surface area contributed by atoms with Crippen LogP contribution in [0.1, 0.15) is 49.8 Å². The first-order chi connectivity index (χ1) is 12.3. The average molecular weight is 370 g/mol. The van der Waals surface area contributed by atoms with Gasteiger partial charge in [0.1, 0.15) is 0 Å². The molecule has 1 aliphatic carbocycles. The number of benzene rings is 1. The summed E-state index contributed by atoms with van der Waals surface area (Å²) in [5.74, 6) is 0.830. The fourth-order valence-corrected chi connectivity index (χ4v) is 4.31. The van der Waals surface area contributed by atoms with Crippen molar-refractivity contribution in [3.63, 3.8) is 0 Å². The summed E-state index contributed by atoms with van der Waals surface area (Å²) in [4.78, 5) is 4.61. The van der Waals surface area contributed by atoms with Crippen molar-refractivity contribution < 1.29 is 18.3 Å². The maximum atomic E-state index is 13.1. The Kier molecular flexibility index (Phi) is 6.25. The van der Waals surface area contributed by atoms with Crippen LogP contribution in [-0.2, 0) is 6.18 Å². The van der Waals surface area contributed by atoms with Gasteiger partial charge in [-0.1, -0.05) is 25.1 Å². The smallest absolute Gasteiger partial charge is 0.387 e. The largest absolute Gasteiger partial charge is 0.416 e. The number of rotatable bonds is 4. The SMILES string of the molecule is CC1CCC(N2CCN(CC(O)c3ccccc3C(F)(F)F)CC2)CC1. The predicted molar refractivity (Wildman–Crippen MR) is 95.8 cm³/mol. The molecule has 1 unspecified atom stereocenters. The van der Waals surface area contributed by atoms with Crippen molar-refractivity contribution in [2.24, 2.45) is 5.92 Å². The summed E-state index contributed by atoms with van der Waals surface area (Å²) >= 11 is 0. The second-order valence-electron chi connectivity index (χ2n) is 7.85. The van der Waals surface area contributed by atoms with E-state index in [9.17, 15) is 18.3 Å². The third kappa shape index (κ3) is 4.78. The number of alkyl halides is 3. The second-order valence-corrected chi connectivity index (χ2v) is 7.85. The summed E-state index contributed by atoms with van der Waals surface area (Å²) in [6, 6.07) is 6.00. The minimum atomic E-state index is -4.44.